The minimum atomic E-state index is -0.611. The molecule has 154 valence electrons. The maximum atomic E-state index is 12.5. The van der Waals surface area contributed by atoms with Crippen LogP contribution in [0.25, 0.3) is 5.69 Å². The van der Waals surface area contributed by atoms with Crippen LogP contribution in [0, 0.1) is 0 Å². The highest BCUT2D eigenvalue weighted by molar-refractivity contribution is 6.30. The summed E-state index contributed by atoms with van der Waals surface area (Å²) in [6, 6.07) is 15.3. The Morgan fingerprint density at radius 2 is 1.77 bits per heavy atom. The van der Waals surface area contributed by atoms with Gasteiger partial charge in [-0.2, -0.15) is 5.10 Å². The molecule has 0 bridgehead atoms. The number of halogens is 1. The van der Waals surface area contributed by atoms with E-state index >= 15 is 0 Å². The van der Waals surface area contributed by atoms with E-state index in [4.69, 9.17) is 16.3 Å². The van der Waals surface area contributed by atoms with Crippen molar-refractivity contribution in [3.63, 3.8) is 0 Å². The van der Waals surface area contributed by atoms with Crippen molar-refractivity contribution in [2.45, 2.75) is 6.92 Å². The molecule has 2 N–H and O–H groups in total. The number of para-hydroxylation sites is 1. The molecule has 8 nitrogen and oxygen atoms in total. The Labute approximate surface area is 177 Å². The predicted molar refractivity (Wildman–Crippen MR) is 112 cm³/mol. The Bertz CT molecular complexity index is 1050. The molecule has 0 aliphatic carbocycles. The number of hydrogen-bond acceptors (Lipinski definition) is 5. The Hall–Kier alpha value is -3.65. The average Bonchev–Trinajstić information content (AvgIpc) is 3.17. The zero-order valence-corrected chi connectivity index (χ0v) is 16.8. The average molecular weight is 427 g/mol. The van der Waals surface area contributed by atoms with Crippen molar-refractivity contribution in [3.05, 3.63) is 76.9 Å². The number of esters is 1. The highest BCUT2D eigenvalue weighted by Crippen LogP contribution is 2.21. The SMILES string of the molecule is CCOC(=O)c1cnn(-c2ccccc2)c1NC(=O)CNC(=O)c1ccc(Cl)cc1. The van der Waals surface area contributed by atoms with Gasteiger partial charge < -0.3 is 15.4 Å². The number of carbonyl (C=O) groups is 3. The summed E-state index contributed by atoms with van der Waals surface area (Å²) in [5.41, 5.74) is 1.13. The Balaban J connectivity index is 1.76. The minimum absolute atomic E-state index is 0.109. The Morgan fingerprint density at radius 3 is 2.43 bits per heavy atom. The second kappa shape index (κ2) is 9.71. The molecule has 0 atom stereocenters. The zero-order valence-electron chi connectivity index (χ0n) is 16.1. The van der Waals surface area contributed by atoms with Gasteiger partial charge in [-0.25, -0.2) is 9.48 Å². The van der Waals surface area contributed by atoms with Gasteiger partial charge in [0.25, 0.3) is 5.91 Å². The van der Waals surface area contributed by atoms with Crippen LogP contribution in [0.3, 0.4) is 0 Å². The van der Waals surface area contributed by atoms with E-state index in [1.807, 2.05) is 6.07 Å². The molecule has 1 aromatic heterocycles. The monoisotopic (exact) mass is 426 g/mol. The van der Waals surface area contributed by atoms with Crippen LogP contribution < -0.4 is 10.6 Å². The number of hydrogen-bond donors (Lipinski definition) is 2. The maximum absolute atomic E-state index is 12.5. The summed E-state index contributed by atoms with van der Waals surface area (Å²) in [4.78, 5) is 36.9. The molecule has 0 unspecified atom stereocenters. The molecular weight excluding hydrogens is 408 g/mol. The van der Waals surface area contributed by atoms with Gasteiger partial charge in [0.2, 0.25) is 5.91 Å². The highest BCUT2D eigenvalue weighted by Gasteiger charge is 2.21. The molecule has 0 saturated heterocycles. The second-order valence-electron chi connectivity index (χ2n) is 6.11. The molecule has 0 radical (unpaired) electrons. The molecule has 0 fully saturated rings. The van der Waals surface area contributed by atoms with Crippen LogP contribution in [0.15, 0.2) is 60.8 Å². The molecule has 3 rings (SSSR count). The van der Waals surface area contributed by atoms with E-state index in [9.17, 15) is 14.4 Å². The van der Waals surface area contributed by atoms with Gasteiger partial charge in [-0.05, 0) is 43.3 Å². The fraction of sp³-hybridized carbons (Fsp3) is 0.143. The maximum Gasteiger partial charge on any atom is 0.343 e. The molecule has 30 heavy (non-hydrogen) atoms. The normalized spacial score (nSPS) is 10.3. The van der Waals surface area contributed by atoms with Crippen molar-refractivity contribution in [1.29, 1.82) is 0 Å². The van der Waals surface area contributed by atoms with E-state index in [1.165, 1.54) is 10.9 Å². The Morgan fingerprint density at radius 1 is 1.07 bits per heavy atom. The van der Waals surface area contributed by atoms with E-state index in [1.54, 1.807) is 55.5 Å². The van der Waals surface area contributed by atoms with Crippen molar-refractivity contribution in [2.24, 2.45) is 0 Å². The summed E-state index contributed by atoms with van der Waals surface area (Å²) in [7, 11) is 0. The number of ether oxygens (including phenoxy) is 1. The van der Waals surface area contributed by atoms with Gasteiger partial charge in [-0.3, -0.25) is 9.59 Å². The van der Waals surface area contributed by atoms with Gasteiger partial charge in [0.1, 0.15) is 5.56 Å². The van der Waals surface area contributed by atoms with Crippen molar-refractivity contribution < 1.29 is 19.1 Å². The lowest BCUT2D eigenvalue weighted by Gasteiger charge is -2.11. The molecule has 1 heterocycles. The van der Waals surface area contributed by atoms with Crippen LogP contribution in [0.2, 0.25) is 5.02 Å². The number of aromatic nitrogens is 2. The summed E-state index contributed by atoms with van der Waals surface area (Å²) < 4.78 is 6.46. The van der Waals surface area contributed by atoms with Crippen LogP contribution in [0.1, 0.15) is 27.6 Å². The van der Waals surface area contributed by atoms with Crippen molar-refractivity contribution >= 4 is 35.2 Å². The number of carbonyl (C=O) groups excluding carboxylic acids is 3. The van der Waals surface area contributed by atoms with E-state index in [2.05, 4.69) is 15.7 Å². The number of nitrogens with zero attached hydrogens (tertiary/aromatic N) is 2. The quantitative estimate of drug-likeness (QED) is 0.565. The van der Waals surface area contributed by atoms with Crippen LogP contribution >= 0.6 is 11.6 Å². The number of rotatable bonds is 7. The number of benzene rings is 2. The smallest absolute Gasteiger partial charge is 0.343 e. The first-order valence-electron chi connectivity index (χ1n) is 9.13. The van der Waals surface area contributed by atoms with Gasteiger partial charge in [0.05, 0.1) is 25.0 Å². The summed E-state index contributed by atoms with van der Waals surface area (Å²) in [5.74, 6) is -1.41. The van der Waals surface area contributed by atoms with Gasteiger partial charge in [-0.1, -0.05) is 29.8 Å². The van der Waals surface area contributed by atoms with Gasteiger partial charge in [-0.15, -0.1) is 0 Å². The summed E-state index contributed by atoms with van der Waals surface area (Å²) in [5, 5.41) is 9.86. The van der Waals surface area contributed by atoms with Crippen molar-refractivity contribution in [2.75, 3.05) is 18.5 Å². The lowest BCUT2D eigenvalue weighted by atomic mass is 10.2. The standard InChI is InChI=1S/C21H19ClN4O4/c1-2-30-21(29)17-12-24-26(16-6-4-3-5-7-16)19(17)25-18(27)13-23-20(28)14-8-10-15(22)11-9-14/h3-12H,2,13H2,1H3,(H,23,28)(H,25,27). The first-order chi connectivity index (χ1) is 14.5. The minimum Gasteiger partial charge on any atom is -0.462 e. The summed E-state index contributed by atoms with van der Waals surface area (Å²) >= 11 is 5.81. The van der Waals surface area contributed by atoms with Crippen molar-refractivity contribution in [3.8, 4) is 5.69 Å². The van der Waals surface area contributed by atoms with Gasteiger partial charge >= 0.3 is 5.97 Å². The third-order valence-electron chi connectivity index (χ3n) is 4.04. The lowest BCUT2D eigenvalue weighted by molar-refractivity contribution is -0.115. The van der Waals surface area contributed by atoms with Crippen LogP contribution in [-0.4, -0.2) is 40.7 Å². The molecule has 0 saturated carbocycles. The molecular formula is C21H19ClN4O4. The van der Waals surface area contributed by atoms with Crippen molar-refractivity contribution in [1.82, 2.24) is 15.1 Å². The second-order valence-corrected chi connectivity index (χ2v) is 6.55. The predicted octanol–water partition coefficient (Wildman–Crippen LogP) is 3.07. The molecule has 0 spiro atoms. The van der Waals surface area contributed by atoms with E-state index in [-0.39, 0.29) is 24.5 Å². The lowest BCUT2D eigenvalue weighted by Crippen LogP contribution is -2.33. The van der Waals surface area contributed by atoms with Crippen LogP contribution in [-0.2, 0) is 9.53 Å². The first-order valence-corrected chi connectivity index (χ1v) is 9.51. The molecule has 3 aromatic rings. The first kappa shape index (κ1) is 21.1. The van der Waals surface area contributed by atoms with E-state index in [0.717, 1.165) is 0 Å². The topological polar surface area (TPSA) is 102 Å². The zero-order chi connectivity index (χ0) is 21.5. The number of amides is 2. The van der Waals surface area contributed by atoms with Gasteiger partial charge in [0.15, 0.2) is 5.82 Å². The number of anilines is 1. The summed E-state index contributed by atoms with van der Waals surface area (Å²) in [6.07, 6.45) is 1.33. The molecule has 2 aromatic carbocycles. The largest absolute Gasteiger partial charge is 0.462 e. The summed E-state index contributed by atoms with van der Waals surface area (Å²) in [6.45, 7) is 1.56. The number of nitrogens with one attached hydrogen (secondary N) is 2. The van der Waals surface area contributed by atoms with Crippen LogP contribution in [0.4, 0.5) is 5.82 Å². The fourth-order valence-electron chi connectivity index (χ4n) is 2.63. The fourth-order valence-corrected chi connectivity index (χ4v) is 2.76. The molecule has 0 aliphatic heterocycles. The van der Waals surface area contributed by atoms with E-state index < -0.39 is 17.8 Å². The van der Waals surface area contributed by atoms with Gasteiger partial charge in [0, 0.05) is 10.6 Å². The molecule has 0 aliphatic rings. The molecule has 2 amide bonds. The highest BCUT2D eigenvalue weighted by atomic mass is 35.5. The van der Waals surface area contributed by atoms with E-state index in [0.29, 0.717) is 16.3 Å². The molecule has 9 heteroatoms. The third-order valence-corrected chi connectivity index (χ3v) is 4.29. The third kappa shape index (κ3) is 5.03. The van der Waals surface area contributed by atoms with Crippen LogP contribution in [0.5, 0.6) is 0 Å². The Kier molecular flexibility index (Phi) is 6.82.